The first kappa shape index (κ1) is 12.0. The van der Waals surface area contributed by atoms with Crippen molar-refractivity contribution in [3.8, 4) is 5.75 Å². The fourth-order valence-electron chi connectivity index (χ4n) is 1.17. The molecule has 0 saturated heterocycles. The topological polar surface area (TPSA) is 68.5 Å². The number of carboxylic acids is 1. The predicted octanol–water partition coefficient (Wildman–Crippen LogP) is 0.888. The molecule has 0 aliphatic carbocycles. The summed E-state index contributed by atoms with van der Waals surface area (Å²) in [5, 5.41) is 8.52. The second-order valence-corrected chi connectivity index (χ2v) is 3.11. The van der Waals surface area contributed by atoms with Crippen molar-refractivity contribution in [3.05, 3.63) is 41.3 Å². The van der Waals surface area contributed by atoms with Crippen LogP contribution in [0.2, 0.25) is 0 Å². The third-order valence-electron chi connectivity index (χ3n) is 1.91. The number of carbonyl (C=O) groups is 1. The molecule has 0 aliphatic heterocycles. The maximum absolute atomic E-state index is 11.7. The Kier molecular flexibility index (Phi) is 4.32. The van der Waals surface area contributed by atoms with E-state index in [1.807, 2.05) is 0 Å². The van der Waals surface area contributed by atoms with E-state index < -0.39 is 5.97 Å². The number of ether oxygens (including phenoxy) is 1. The minimum Gasteiger partial charge on any atom is -0.484 e. The molecule has 5 nitrogen and oxygen atoms in total. The lowest BCUT2D eigenvalue weighted by atomic mass is 10.4. The van der Waals surface area contributed by atoms with Gasteiger partial charge in [0.05, 0.1) is 6.42 Å². The van der Waals surface area contributed by atoms with E-state index in [9.17, 15) is 9.59 Å². The van der Waals surface area contributed by atoms with Gasteiger partial charge in [0.1, 0.15) is 6.61 Å². The van der Waals surface area contributed by atoms with Crippen LogP contribution in [0, 0.1) is 0 Å². The largest absolute Gasteiger partial charge is 0.484 e. The molecule has 5 heteroatoms. The van der Waals surface area contributed by atoms with Crippen LogP contribution in [0.15, 0.2) is 35.8 Å². The van der Waals surface area contributed by atoms with Crippen LogP contribution in [0.5, 0.6) is 5.75 Å². The summed E-state index contributed by atoms with van der Waals surface area (Å²) in [7, 11) is 0. The van der Waals surface area contributed by atoms with E-state index >= 15 is 0 Å². The normalized spacial score (nSPS) is 9.75. The molecular formula is C11H13NO4. The number of pyridine rings is 1. The molecule has 0 fully saturated rings. The van der Waals surface area contributed by atoms with Gasteiger partial charge in [0.2, 0.25) is 0 Å². The number of hydrogen-bond donors (Lipinski definition) is 1. The minimum atomic E-state index is -0.940. The average molecular weight is 223 g/mol. The van der Waals surface area contributed by atoms with Gasteiger partial charge in [-0.05, 0) is 12.1 Å². The maximum atomic E-state index is 11.7. The highest BCUT2D eigenvalue weighted by Gasteiger charge is 2.05. The number of nitrogens with zero attached hydrogens (tertiary/aromatic N) is 1. The van der Waals surface area contributed by atoms with Crippen LogP contribution in [0.25, 0.3) is 0 Å². The van der Waals surface area contributed by atoms with Gasteiger partial charge in [-0.25, -0.2) is 0 Å². The van der Waals surface area contributed by atoms with Crippen molar-refractivity contribution in [2.24, 2.45) is 0 Å². The lowest BCUT2D eigenvalue weighted by Gasteiger charge is -2.06. The molecule has 0 atom stereocenters. The zero-order chi connectivity index (χ0) is 12.0. The van der Waals surface area contributed by atoms with Gasteiger partial charge in [0.25, 0.3) is 5.56 Å². The Labute approximate surface area is 92.6 Å². The van der Waals surface area contributed by atoms with Crippen molar-refractivity contribution in [2.75, 3.05) is 6.61 Å². The van der Waals surface area contributed by atoms with Crippen LogP contribution in [0.1, 0.15) is 6.42 Å². The fraction of sp³-hybridized carbons (Fsp3) is 0.273. The smallest absolute Gasteiger partial charge is 0.305 e. The van der Waals surface area contributed by atoms with E-state index in [1.165, 1.54) is 16.8 Å². The number of aliphatic carboxylic acids is 1. The summed E-state index contributed by atoms with van der Waals surface area (Å²) >= 11 is 0. The summed E-state index contributed by atoms with van der Waals surface area (Å²) in [5.74, 6) is -0.739. The van der Waals surface area contributed by atoms with Gasteiger partial charge < -0.3 is 14.4 Å². The Hall–Kier alpha value is -2.04. The van der Waals surface area contributed by atoms with Crippen molar-refractivity contribution in [1.29, 1.82) is 0 Å². The molecule has 0 unspecified atom stereocenters. The van der Waals surface area contributed by atoms with Gasteiger partial charge in [-0.2, -0.15) is 0 Å². The molecule has 0 amide bonds. The minimum absolute atomic E-state index is 0.0924. The molecule has 1 aromatic rings. The van der Waals surface area contributed by atoms with E-state index in [2.05, 4.69) is 6.58 Å². The highest BCUT2D eigenvalue weighted by atomic mass is 16.5. The zero-order valence-corrected chi connectivity index (χ0v) is 8.76. The van der Waals surface area contributed by atoms with Crippen molar-refractivity contribution in [2.45, 2.75) is 13.0 Å². The van der Waals surface area contributed by atoms with Gasteiger partial charge in [-0.15, -0.1) is 0 Å². The standard InChI is InChI=1S/C11H13NO4/c1-2-8-16-9-4-3-6-12(11(9)15)7-5-10(13)14/h2-4,6H,1,5,7-8H2,(H,13,14). The third-order valence-corrected chi connectivity index (χ3v) is 1.91. The van der Waals surface area contributed by atoms with Crippen LogP contribution < -0.4 is 10.3 Å². The van der Waals surface area contributed by atoms with Crippen LogP contribution in [-0.4, -0.2) is 22.2 Å². The van der Waals surface area contributed by atoms with Gasteiger partial charge in [-0.3, -0.25) is 9.59 Å². The summed E-state index contributed by atoms with van der Waals surface area (Å²) in [6.07, 6.45) is 2.98. The number of hydrogen-bond acceptors (Lipinski definition) is 3. The summed E-state index contributed by atoms with van der Waals surface area (Å²) in [6.45, 7) is 3.86. The number of carboxylic acid groups (broad SMARTS) is 1. The first-order valence-corrected chi connectivity index (χ1v) is 4.80. The van der Waals surface area contributed by atoms with E-state index in [4.69, 9.17) is 9.84 Å². The van der Waals surface area contributed by atoms with E-state index in [-0.39, 0.29) is 30.9 Å². The molecule has 1 aromatic heterocycles. The molecule has 1 heterocycles. The second kappa shape index (κ2) is 5.75. The Morgan fingerprint density at radius 2 is 2.38 bits per heavy atom. The molecule has 0 aliphatic rings. The number of aryl methyl sites for hydroxylation is 1. The molecule has 0 radical (unpaired) electrons. The Morgan fingerprint density at radius 3 is 3.00 bits per heavy atom. The van der Waals surface area contributed by atoms with E-state index in [0.717, 1.165) is 0 Å². The predicted molar refractivity (Wildman–Crippen MR) is 58.6 cm³/mol. The number of aromatic nitrogens is 1. The summed E-state index contributed by atoms with van der Waals surface area (Å²) in [6, 6.07) is 3.19. The van der Waals surface area contributed by atoms with Gasteiger partial charge >= 0.3 is 5.97 Å². The lowest BCUT2D eigenvalue weighted by molar-refractivity contribution is -0.137. The molecule has 0 bridgehead atoms. The van der Waals surface area contributed by atoms with Crippen LogP contribution in [0.3, 0.4) is 0 Å². The lowest BCUT2D eigenvalue weighted by Crippen LogP contribution is -2.22. The van der Waals surface area contributed by atoms with Gasteiger partial charge in [0.15, 0.2) is 5.75 Å². The maximum Gasteiger partial charge on any atom is 0.305 e. The molecule has 1 N–H and O–H groups in total. The summed E-state index contributed by atoms with van der Waals surface area (Å²) in [4.78, 5) is 22.1. The van der Waals surface area contributed by atoms with E-state index in [0.29, 0.717) is 0 Å². The fourth-order valence-corrected chi connectivity index (χ4v) is 1.17. The van der Waals surface area contributed by atoms with Gasteiger partial charge in [-0.1, -0.05) is 12.7 Å². The molecule has 86 valence electrons. The molecule has 0 saturated carbocycles. The third kappa shape index (κ3) is 3.27. The Morgan fingerprint density at radius 1 is 1.62 bits per heavy atom. The van der Waals surface area contributed by atoms with E-state index in [1.54, 1.807) is 12.1 Å². The van der Waals surface area contributed by atoms with Crippen LogP contribution in [0.4, 0.5) is 0 Å². The van der Waals surface area contributed by atoms with Crippen molar-refractivity contribution < 1.29 is 14.6 Å². The SMILES string of the molecule is C=CCOc1cccn(CCC(=O)O)c1=O. The van der Waals surface area contributed by atoms with Crippen LogP contribution >= 0.6 is 0 Å². The molecule has 0 spiro atoms. The zero-order valence-electron chi connectivity index (χ0n) is 8.76. The average Bonchev–Trinajstić information content (AvgIpc) is 2.26. The quantitative estimate of drug-likeness (QED) is 0.727. The summed E-state index contributed by atoms with van der Waals surface area (Å²) < 4.78 is 6.45. The van der Waals surface area contributed by atoms with Crippen LogP contribution in [-0.2, 0) is 11.3 Å². The Balaban J connectivity index is 2.81. The highest BCUT2D eigenvalue weighted by molar-refractivity contribution is 5.66. The highest BCUT2D eigenvalue weighted by Crippen LogP contribution is 2.02. The molecular weight excluding hydrogens is 210 g/mol. The van der Waals surface area contributed by atoms with Crippen molar-refractivity contribution in [3.63, 3.8) is 0 Å². The molecule has 1 rings (SSSR count). The van der Waals surface area contributed by atoms with Gasteiger partial charge in [0, 0.05) is 12.7 Å². The Bertz CT molecular complexity index is 436. The van der Waals surface area contributed by atoms with Crippen molar-refractivity contribution >= 4 is 5.97 Å². The molecule has 16 heavy (non-hydrogen) atoms. The summed E-state index contributed by atoms with van der Waals surface area (Å²) in [5.41, 5.74) is -0.328. The first-order valence-electron chi connectivity index (χ1n) is 4.80. The number of rotatable bonds is 6. The van der Waals surface area contributed by atoms with Crippen molar-refractivity contribution in [1.82, 2.24) is 4.57 Å². The first-order chi connectivity index (χ1) is 7.65. The monoisotopic (exact) mass is 223 g/mol. The second-order valence-electron chi connectivity index (χ2n) is 3.11. The molecule has 0 aromatic carbocycles.